The molecule has 0 bridgehead atoms. The van der Waals surface area contributed by atoms with Crippen LogP contribution >= 0.6 is 0 Å². The van der Waals surface area contributed by atoms with Crippen LogP contribution in [0.2, 0.25) is 0 Å². The molecule has 2 N–H and O–H groups in total. The molecule has 1 aliphatic heterocycles. The number of carbonyl (C=O) groups excluding carboxylic acids is 1. The Hall–Kier alpha value is -2.31. The van der Waals surface area contributed by atoms with Crippen LogP contribution < -0.4 is 10.1 Å². The van der Waals surface area contributed by atoms with Gasteiger partial charge in [0.15, 0.2) is 11.6 Å². The molecule has 1 saturated heterocycles. The summed E-state index contributed by atoms with van der Waals surface area (Å²) in [5.41, 5.74) is -0.869. The number of anilines is 1. The number of rotatable bonds is 3. The van der Waals surface area contributed by atoms with Gasteiger partial charge in [0.25, 0.3) is 0 Å². The summed E-state index contributed by atoms with van der Waals surface area (Å²) >= 11 is 0. The Balaban J connectivity index is 2.16. The quantitative estimate of drug-likeness (QED) is 0.897. The molecular weight excluding hydrogens is 279 g/mol. The van der Waals surface area contributed by atoms with E-state index in [0.29, 0.717) is 25.1 Å². The van der Waals surface area contributed by atoms with Gasteiger partial charge in [-0.1, -0.05) is 0 Å². The number of likely N-dealkylation sites (tertiary alicyclic amines) is 1. The summed E-state index contributed by atoms with van der Waals surface area (Å²) in [5.74, 6) is -1.56. The number of ether oxygens (including phenoxy) is 1. The molecule has 1 heterocycles. The van der Waals surface area contributed by atoms with Crippen molar-refractivity contribution < 1.29 is 23.8 Å². The minimum atomic E-state index is -1.21. The summed E-state index contributed by atoms with van der Waals surface area (Å²) in [7, 11) is 1.33. The van der Waals surface area contributed by atoms with Gasteiger partial charge in [-0.15, -0.1) is 0 Å². The van der Waals surface area contributed by atoms with Gasteiger partial charge in [-0.25, -0.2) is 14.0 Å². The molecule has 0 aliphatic carbocycles. The minimum Gasteiger partial charge on any atom is -0.494 e. The van der Waals surface area contributed by atoms with Crippen LogP contribution in [0.3, 0.4) is 0 Å². The Kier molecular flexibility index (Phi) is 4.02. The number of benzene rings is 1. The van der Waals surface area contributed by atoms with Crippen molar-refractivity contribution in [1.82, 2.24) is 4.90 Å². The molecule has 1 aromatic carbocycles. The molecule has 1 fully saturated rings. The van der Waals surface area contributed by atoms with Gasteiger partial charge in [-0.3, -0.25) is 0 Å². The largest absolute Gasteiger partial charge is 0.494 e. The Morgan fingerprint density at radius 1 is 1.48 bits per heavy atom. The van der Waals surface area contributed by atoms with Gasteiger partial charge >= 0.3 is 12.0 Å². The maximum Gasteiger partial charge on any atom is 0.329 e. The lowest BCUT2D eigenvalue weighted by atomic mass is 10.00. The summed E-state index contributed by atoms with van der Waals surface area (Å²) in [6.45, 7) is 1.89. The van der Waals surface area contributed by atoms with Crippen LogP contribution in [0.25, 0.3) is 0 Å². The number of urea groups is 1. The van der Waals surface area contributed by atoms with Gasteiger partial charge in [0, 0.05) is 18.3 Å². The smallest absolute Gasteiger partial charge is 0.329 e. The van der Waals surface area contributed by atoms with Gasteiger partial charge in [-0.2, -0.15) is 0 Å². The Labute approximate surface area is 121 Å². The highest BCUT2D eigenvalue weighted by Crippen LogP contribution is 2.30. The van der Waals surface area contributed by atoms with Crippen molar-refractivity contribution in [3.05, 3.63) is 24.0 Å². The second-order valence-corrected chi connectivity index (χ2v) is 5.11. The van der Waals surface area contributed by atoms with Crippen LogP contribution in [-0.4, -0.2) is 41.2 Å². The zero-order valence-electron chi connectivity index (χ0n) is 11.9. The lowest BCUT2D eigenvalue weighted by Crippen LogP contribution is -2.52. The predicted octanol–water partition coefficient (Wildman–Crippen LogP) is 2.31. The second kappa shape index (κ2) is 5.59. The third kappa shape index (κ3) is 2.76. The standard InChI is InChI=1S/C14H17FN2O4/c1-14(12(18)19)6-3-7-17(14)13(20)16-9-4-5-10(15)11(8-9)21-2/h4-5,8H,3,6-7H2,1-2H3,(H,16,20)(H,18,19). The maximum atomic E-state index is 13.3. The summed E-state index contributed by atoms with van der Waals surface area (Å²) < 4.78 is 18.1. The first kappa shape index (κ1) is 15.1. The molecule has 21 heavy (non-hydrogen) atoms. The maximum absolute atomic E-state index is 13.3. The van der Waals surface area contributed by atoms with E-state index in [2.05, 4.69) is 5.32 Å². The molecule has 1 unspecified atom stereocenters. The molecule has 2 rings (SSSR count). The lowest BCUT2D eigenvalue weighted by Gasteiger charge is -2.31. The van der Waals surface area contributed by atoms with Gasteiger partial charge in [-0.05, 0) is 31.9 Å². The highest BCUT2D eigenvalue weighted by atomic mass is 19.1. The monoisotopic (exact) mass is 296 g/mol. The molecule has 114 valence electrons. The Morgan fingerprint density at radius 2 is 2.19 bits per heavy atom. The SMILES string of the molecule is COc1cc(NC(=O)N2CCCC2(C)C(=O)O)ccc1F. The van der Waals surface area contributed by atoms with E-state index < -0.39 is 23.4 Å². The molecule has 2 amide bonds. The number of aliphatic carboxylic acids is 1. The number of halogens is 1. The van der Waals surface area contributed by atoms with E-state index in [4.69, 9.17) is 4.74 Å². The molecule has 1 aromatic rings. The molecule has 0 radical (unpaired) electrons. The van der Waals surface area contributed by atoms with Crippen molar-refractivity contribution in [3.63, 3.8) is 0 Å². The number of hydrogen-bond donors (Lipinski definition) is 2. The first-order chi connectivity index (χ1) is 9.88. The van der Waals surface area contributed by atoms with E-state index >= 15 is 0 Å². The lowest BCUT2D eigenvalue weighted by molar-refractivity contribution is -0.146. The molecule has 7 heteroatoms. The average Bonchev–Trinajstić information content (AvgIpc) is 2.84. The van der Waals surface area contributed by atoms with E-state index in [9.17, 15) is 19.1 Å². The average molecular weight is 296 g/mol. The van der Waals surface area contributed by atoms with Crippen molar-refractivity contribution in [2.75, 3.05) is 19.0 Å². The number of nitrogens with one attached hydrogen (secondary N) is 1. The van der Waals surface area contributed by atoms with Crippen molar-refractivity contribution in [2.45, 2.75) is 25.3 Å². The van der Waals surface area contributed by atoms with Gasteiger partial charge in [0.1, 0.15) is 5.54 Å². The third-order valence-electron chi connectivity index (χ3n) is 3.75. The van der Waals surface area contributed by atoms with Crippen LogP contribution in [0.15, 0.2) is 18.2 Å². The third-order valence-corrected chi connectivity index (χ3v) is 3.75. The van der Waals surface area contributed by atoms with Crippen molar-refractivity contribution in [2.24, 2.45) is 0 Å². The minimum absolute atomic E-state index is 0.00946. The number of amides is 2. The molecule has 1 aliphatic rings. The number of hydrogen-bond acceptors (Lipinski definition) is 3. The zero-order valence-corrected chi connectivity index (χ0v) is 11.9. The highest BCUT2D eigenvalue weighted by Gasteiger charge is 2.46. The first-order valence-corrected chi connectivity index (χ1v) is 6.54. The fourth-order valence-electron chi connectivity index (χ4n) is 2.44. The summed E-state index contributed by atoms with van der Waals surface area (Å²) in [6.07, 6.45) is 1.03. The number of methoxy groups -OCH3 is 1. The number of carbonyl (C=O) groups is 2. The number of carboxylic acid groups (broad SMARTS) is 1. The summed E-state index contributed by atoms with van der Waals surface area (Å²) in [4.78, 5) is 24.9. The number of nitrogens with zero attached hydrogens (tertiary/aromatic N) is 1. The van der Waals surface area contributed by atoms with E-state index in [1.54, 1.807) is 0 Å². The van der Waals surface area contributed by atoms with Gasteiger partial charge in [0.2, 0.25) is 0 Å². The molecule has 1 atom stereocenters. The topological polar surface area (TPSA) is 78.9 Å². The van der Waals surface area contributed by atoms with Crippen LogP contribution in [0, 0.1) is 5.82 Å². The molecular formula is C14H17FN2O4. The molecule has 0 spiro atoms. The fourth-order valence-corrected chi connectivity index (χ4v) is 2.44. The summed E-state index contributed by atoms with van der Waals surface area (Å²) in [5, 5.41) is 11.9. The van der Waals surface area contributed by atoms with E-state index in [-0.39, 0.29) is 5.75 Å². The second-order valence-electron chi connectivity index (χ2n) is 5.11. The Morgan fingerprint density at radius 3 is 2.81 bits per heavy atom. The van der Waals surface area contributed by atoms with E-state index in [1.165, 1.54) is 37.1 Å². The zero-order chi connectivity index (χ0) is 15.6. The number of carboxylic acids is 1. The molecule has 0 aromatic heterocycles. The van der Waals surface area contributed by atoms with Crippen LogP contribution in [0.1, 0.15) is 19.8 Å². The summed E-state index contributed by atoms with van der Waals surface area (Å²) in [6, 6.07) is 3.39. The van der Waals surface area contributed by atoms with Gasteiger partial charge in [0.05, 0.1) is 7.11 Å². The molecule has 6 nitrogen and oxygen atoms in total. The molecule has 0 saturated carbocycles. The normalized spacial score (nSPS) is 21.2. The van der Waals surface area contributed by atoms with E-state index in [0.717, 1.165) is 0 Å². The predicted molar refractivity (Wildman–Crippen MR) is 74.0 cm³/mol. The Bertz CT molecular complexity index is 578. The fraction of sp³-hybridized carbons (Fsp3) is 0.429. The van der Waals surface area contributed by atoms with Crippen molar-refractivity contribution in [1.29, 1.82) is 0 Å². The van der Waals surface area contributed by atoms with Crippen LogP contribution in [0.5, 0.6) is 5.75 Å². The van der Waals surface area contributed by atoms with E-state index in [1.807, 2.05) is 0 Å². The van der Waals surface area contributed by atoms with Gasteiger partial charge < -0.3 is 20.1 Å². The van der Waals surface area contributed by atoms with Crippen molar-refractivity contribution >= 4 is 17.7 Å². The van der Waals surface area contributed by atoms with Crippen molar-refractivity contribution in [3.8, 4) is 5.75 Å². The highest BCUT2D eigenvalue weighted by molar-refractivity contribution is 5.94. The van der Waals surface area contributed by atoms with Crippen LogP contribution in [-0.2, 0) is 4.79 Å². The first-order valence-electron chi connectivity index (χ1n) is 6.54. The van der Waals surface area contributed by atoms with Crippen LogP contribution in [0.4, 0.5) is 14.9 Å².